The first-order valence-corrected chi connectivity index (χ1v) is 6.62. The Morgan fingerprint density at radius 1 is 1.22 bits per heavy atom. The first-order valence-electron chi connectivity index (χ1n) is 5.83. The van der Waals surface area contributed by atoms with Gasteiger partial charge in [0.05, 0.1) is 0 Å². The van der Waals surface area contributed by atoms with Crippen LogP contribution in [0.1, 0.15) is 19.0 Å². The van der Waals surface area contributed by atoms with Crippen LogP contribution in [0.5, 0.6) is 0 Å². The van der Waals surface area contributed by atoms with Gasteiger partial charge in [0.15, 0.2) is 5.82 Å². The summed E-state index contributed by atoms with van der Waals surface area (Å²) in [7, 11) is 0. The van der Waals surface area contributed by atoms with Gasteiger partial charge < -0.3 is 5.43 Å². The maximum Gasteiger partial charge on any atom is 0.161 e. The van der Waals surface area contributed by atoms with Gasteiger partial charge in [-0.05, 0) is 18.6 Å². The lowest BCUT2D eigenvalue weighted by atomic mass is 10.2. The molecule has 0 spiro atoms. The zero-order valence-electron chi connectivity index (χ0n) is 10.2. The zero-order valence-corrected chi connectivity index (χ0v) is 11.7. The number of halogens is 1. The number of aryl methyl sites for hydroxylation is 1. The van der Waals surface area contributed by atoms with E-state index in [9.17, 15) is 0 Å². The highest BCUT2D eigenvalue weighted by atomic mass is 79.9. The number of nitrogens with two attached hydrogens (primary N) is 1. The lowest BCUT2D eigenvalue weighted by Gasteiger charge is -2.07. The van der Waals surface area contributed by atoms with Crippen LogP contribution in [0.15, 0.2) is 34.8 Å². The van der Waals surface area contributed by atoms with Crippen LogP contribution >= 0.6 is 15.9 Å². The molecule has 0 amide bonds. The molecule has 94 valence electrons. The number of aromatic nitrogens is 2. The fourth-order valence-electron chi connectivity index (χ4n) is 1.68. The Morgan fingerprint density at radius 3 is 2.56 bits per heavy atom. The Labute approximate surface area is 115 Å². The van der Waals surface area contributed by atoms with E-state index in [0.29, 0.717) is 11.6 Å². The van der Waals surface area contributed by atoms with Crippen molar-refractivity contribution in [2.75, 3.05) is 5.43 Å². The summed E-state index contributed by atoms with van der Waals surface area (Å²) < 4.78 is 1.04. The van der Waals surface area contributed by atoms with Gasteiger partial charge in [-0.15, -0.1) is 0 Å². The molecule has 0 unspecified atom stereocenters. The first kappa shape index (κ1) is 13.0. The largest absolute Gasteiger partial charge is 0.308 e. The number of nitrogens with one attached hydrogen (secondary N) is 1. The third-order valence-corrected chi connectivity index (χ3v) is 3.06. The summed E-state index contributed by atoms with van der Waals surface area (Å²) in [5.41, 5.74) is 4.56. The van der Waals surface area contributed by atoms with E-state index in [1.54, 1.807) is 0 Å². The maximum atomic E-state index is 5.44. The number of anilines is 1. The molecular formula is C13H15BrN4. The molecule has 5 heteroatoms. The average Bonchev–Trinajstić information content (AvgIpc) is 2.39. The predicted octanol–water partition coefficient (Wildman–Crippen LogP) is 3.14. The minimum atomic E-state index is 0.645. The van der Waals surface area contributed by atoms with Gasteiger partial charge in [-0.1, -0.05) is 41.4 Å². The van der Waals surface area contributed by atoms with Crippen LogP contribution in [-0.2, 0) is 6.42 Å². The molecule has 0 fully saturated rings. The molecule has 0 aliphatic rings. The van der Waals surface area contributed by atoms with E-state index < -0.39 is 0 Å². The normalized spacial score (nSPS) is 10.4. The molecule has 0 aliphatic carbocycles. The molecule has 3 N–H and O–H groups in total. The van der Waals surface area contributed by atoms with E-state index in [2.05, 4.69) is 38.2 Å². The number of hydrazine groups is 1. The molecule has 2 aromatic rings. The molecule has 0 radical (unpaired) electrons. The summed E-state index contributed by atoms with van der Waals surface area (Å²) >= 11 is 3.41. The highest BCUT2D eigenvalue weighted by molar-refractivity contribution is 9.10. The summed E-state index contributed by atoms with van der Waals surface area (Å²) in [5, 5.41) is 0. The van der Waals surface area contributed by atoms with E-state index in [-0.39, 0.29) is 0 Å². The third kappa shape index (κ3) is 3.05. The van der Waals surface area contributed by atoms with Gasteiger partial charge in [0, 0.05) is 21.8 Å². The van der Waals surface area contributed by atoms with Crippen molar-refractivity contribution < 1.29 is 0 Å². The number of benzene rings is 1. The average molecular weight is 307 g/mol. The maximum absolute atomic E-state index is 5.44. The van der Waals surface area contributed by atoms with Crippen molar-refractivity contribution in [1.29, 1.82) is 0 Å². The van der Waals surface area contributed by atoms with Crippen LogP contribution < -0.4 is 11.3 Å². The molecule has 4 nitrogen and oxygen atoms in total. The van der Waals surface area contributed by atoms with Gasteiger partial charge in [0.2, 0.25) is 0 Å². The molecule has 0 saturated heterocycles. The lowest BCUT2D eigenvalue weighted by Crippen LogP contribution is -2.10. The van der Waals surface area contributed by atoms with Gasteiger partial charge in [-0.2, -0.15) is 0 Å². The Kier molecular flexibility index (Phi) is 4.28. The van der Waals surface area contributed by atoms with Crippen LogP contribution in [-0.4, -0.2) is 9.97 Å². The number of rotatable bonds is 4. The third-order valence-electron chi connectivity index (χ3n) is 2.54. The Hall–Kier alpha value is -1.46. The summed E-state index contributed by atoms with van der Waals surface area (Å²) in [6.45, 7) is 2.12. The molecule has 0 saturated carbocycles. The van der Waals surface area contributed by atoms with Crippen LogP contribution in [0.4, 0.5) is 5.82 Å². The smallest absolute Gasteiger partial charge is 0.161 e. The van der Waals surface area contributed by atoms with Crippen LogP contribution in [0.25, 0.3) is 11.4 Å². The molecular weight excluding hydrogens is 292 g/mol. The summed E-state index contributed by atoms with van der Waals surface area (Å²) in [4.78, 5) is 8.92. The minimum Gasteiger partial charge on any atom is -0.308 e. The van der Waals surface area contributed by atoms with E-state index >= 15 is 0 Å². The topological polar surface area (TPSA) is 63.8 Å². The van der Waals surface area contributed by atoms with E-state index in [4.69, 9.17) is 5.84 Å². The molecule has 1 heterocycles. The fraction of sp³-hybridized carbons (Fsp3) is 0.231. The molecule has 18 heavy (non-hydrogen) atoms. The standard InChI is InChI=1S/C13H15BrN4/c1-2-3-11-8-12(18-15)17-13(16-11)9-4-6-10(14)7-5-9/h4-8H,2-3,15H2,1H3,(H,16,17,18). The monoisotopic (exact) mass is 306 g/mol. The summed E-state index contributed by atoms with van der Waals surface area (Å²) in [6.07, 6.45) is 1.96. The van der Waals surface area contributed by atoms with Gasteiger partial charge in [0.1, 0.15) is 5.82 Å². The van der Waals surface area contributed by atoms with Crippen molar-refractivity contribution >= 4 is 21.7 Å². The quantitative estimate of drug-likeness (QED) is 0.673. The van der Waals surface area contributed by atoms with Gasteiger partial charge in [-0.3, -0.25) is 0 Å². The Bertz CT molecular complexity index is 525. The van der Waals surface area contributed by atoms with Crippen molar-refractivity contribution in [1.82, 2.24) is 9.97 Å². The van der Waals surface area contributed by atoms with Crippen molar-refractivity contribution in [3.05, 3.63) is 40.5 Å². The number of nitrogens with zero attached hydrogens (tertiary/aromatic N) is 2. The molecule has 0 bridgehead atoms. The highest BCUT2D eigenvalue weighted by Crippen LogP contribution is 2.20. The van der Waals surface area contributed by atoms with E-state index in [0.717, 1.165) is 28.6 Å². The van der Waals surface area contributed by atoms with Gasteiger partial charge in [-0.25, -0.2) is 15.8 Å². The SMILES string of the molecule is CCCc1cc(NN)nc(-c2ccc(Br)cc2)n1. The zero-order chi connectivity index (χ0) is 13.0. The highest BCUT2D eigenvalue weighted by Gasteiger charge is 2.06. The van der Waals surface area contributed by atoms with Crippen molar-refractivity contribution in [2.24, 2.45) is 5.84 Å². The van der Waals surface area contributed by atoms with Crippen molar-refractivity contribution in [2.45, 2.75) is 19.8 Å². The molecule has 0 aliphatic heterocycles. The van der Waals surface area contributed by atoms with Crippen LogP contribution in [0.2, 0.25) is 0 Å². The van der Waals surface area contributed by atoms with Gasteiger partial charge in [0.25, 0.3) is 0 Å². The molecule has 1 aromatic carbocycles. The molecule has 0 atom stereocenters. The van der Waals surface area contributed by atoms with Crippen LogP contribution in [0, 0.1) is 0 Å². The molecule has 2 rings (SSSR count). The second-order valence-electron chi connectivity index (χ2n) is 3.97. The Morgan fingerprint density at radius 2 is 1.94 bits per heavy atom. The first-order chi connectivity index (χ1) is 8.72. The van der Waals surface area contributed by atoms with Crippen LogP contribution in [0.3, 0.4) is 0 Å². The van der Waals surface area contributed by atoms with E-state index in [1.807, 2.05) is 30.3 Å². The Balaban J connectivity index is 2.42. The van der Waals surface area contributed by atoms with Gasteiger partial charge >= 0.3 is 0 Å². The minimum absolute atomic E-state index is 0.645. The number of hydrogen-bond donors (Lipinski definition) is 2. The number of nitrogen functional groups attached to an aromatic ring is 1. The number of hydrogen-bond acceptors (Lipinski definition) is 4. The second kappa shape index (κ2) is 5.93. The second-order valence-corrected chi connectivity index (χ2v) is 4.89. The fourth-order valence-corrected chi connectivity index (χ4v) is 1.95. The summed E-state index contributed by atoms with van der Waals surface area (Å²) in [5.74, 6) is 6.78. The summed E-state index contributed by atoms with van der Waals surface area (Å²) in [6, 6.07) is 9.79. The van der Waals surface area contributed by atoms with Crippen molar-refractivity contribution in [3.8, 4) is 11.4 Å². The molecule has 1 aromatic heterocycles. The predicted molar refractivity (Wildman–Crippen MR) is 77.0 cm³/mol. The van der Waals surface area contributed by atoms with E-state index in [1.165, 1.54) is 0 Å². The lowest BCUT2D eigenvalue weighted by molar-refractivity contribution is 0.875. The van der Waals surface area contributed by atoms with Crippen molar-refractivity contribution in [3.63, 3.8) is 0 Å².